The number of nitrogens with zero attached hydrogens (tertiary/aromatic N) is 2. The molecule has 202 valence electrons. The highest BCUT2D eigenvalue weighted by Crippen LogP contribution is 2.51. The number of anilines is 3. The van der Waals surface area contributed by atoms with Crippen molar-refractivity contribution in [3.05, 3.63) is 158 Å². The van der Waals surface area contributed by atoms with E-state index in [1.165, 1.54) is 69.8 Å². The molecule has 0 unspecified atom stereocenters. The average molecular weight is 567 g/mol. The van der Waals surface area contributed by atoms with E-state index < -0.39 is 0 Å². The highest BCUT2D eigenvalue weighted by Gasteiger charge is 2.25. The maximum absolute atomic E-state index is 2.47. The van der Waals surface area contributed by atoms with Crippen molar-refractivity contribution in [1.29, 1.82) is 0 Å². The van der Waals surface area contributed by atoms with Gasteiger partial charge >= 0.3 is 0 Å². The van der Waals surface area contributed by atoms with Gasteiger partial charge in [-0.15, -0.1) is 11.3 Å². The van der Waals surface area contributed by atoms with Crippen molar-refractivity contribution in [2.45, 2.75) is 0 Å². The molecular weight excluding hydrogens is 541 g/mol. The molecule has 0 radical (unpaired) electrons. The molecule has 0 fully saturated rings. The summed E-state index contributed by atoms with van der Waals surface area (Å²) in [6.45, 7) is 0. The van der Waals surface area contributed by atoms with Crippen molar-refractivity contribution in [2.24, 2.45) is 0 Å². The van der Waals surface area contributed by atoms with Gasteiger partial charge in [-0.05, 0) is 53.9 Å². The summed E-state index contributed by atoms with van der Waals surface area (Å²) >= 11 is 1.88. The van der Waals surface area contributed by atoms with Crippen LogP contribution in [0.15, 0.2) is 158 Å². The van der Waals surface area contributed by atoms with Crippen molar-refractivity contribution in [3.8, 4) is 5.69 Å². The zero-order chi connectivity index (χ0) is 28.3. The summed E-state index contributed by atoms with van der Waals surface area (Å²) in [6, 6.07) is 57.1. The first-order valence-corrected chi connectivity index (χ1v) is 15.4. The molecular formula is C40H26N2S. The summed E-state index contributed by atoms with van der Waals surface area (Å²) in [5, 5.41) is 7.57. The second kappa shape index (κ2) is 9.59. The fourth-order valence-electron chi connectivity index (χ4n) is 6.72. The maximum atomic E-state index is 2.47. The van der Waals surface area contributed by atoms with Gasteiger partial charge in [-0.2, -0.15) is 0 Å². The van der Waals surface area contributed by atoms with Gasteiger partial charge in [0, 0.05) is 43.0 Å². The van der Waals surface area contributed by atoms with Gasteiger partial charge in [-0.1, -0.05) is 109 Å². The standard InChI is InChI=1S/C40H26N2S/c1-3-16-28(17-4-1)41(34-24-13-15-27-14-7-8-20-30(27)34)36-26-33-31-21-9-11-23-35(31)42(29-18-5-2-6-19-29)39(33)38-32-22-10-12-25-37(32)43-40(36)38/h1-26H. The summed E-state index contributed by atoms with van der Waals surface area (Å²) in [5.74, 6) is 0. The summed E-state index contributed by atoms with van der Waals surface area (Å²) in [7, 11) is 0. The average Bonchev–Trinajstić information content (AvgIpc) is 3.62. The first-order valence-electron chi connectivity index (χ1n) is 14.6. The molecule has 0 bridgehead atoms. The smallest absolute Gasteiger partial charge is 0.0648 e. The quantitative estimate of drug-likeness (QED) is 0.206. The number of benzene rings is 7. The lowest BCUT2D eigenvalue weighted by atomic mass is 10.0. The number of rotatable bonds is 4. The minimum Gasteiger partial charge on any atom is -0.309 e. The lowest BCUT2D eigenvalue weighted by Gasteiger charge is -2.27. The van der Waals surface area contributed by atoms with E-state index in [0.29, 0.717) is 0 Å². The van der Waals surface area contributed by atoms with Gasteiger partial charge in [0.2, 0.25) is 0 Å². The third kappa shape index (κ3) is 3.65. The normalized spacial score (nSPS) is 11.7. The Morgan fingerprint density at radius 2 is 1.14 bits per heavy atom. The van der Waals surface area contributed by atoms with E-state index >= 15 is 0 Å². The van der Waals surface area contributed by atoms with Crippen molar-refractivity contribution < 1.29 is 0 Å². The molecule has 2 nitrogen and oxygen atoms in total. The third-order valence-corrected chi connectivity index (χ3v) is 9.73. The molecule has 0 saturated carbocycles. The zero-order valence-electron chi connectivity index (χ0n) is 23.3. The fourth-order valence-corrected chi connectivity index (χ4v) is 7.93. The lowest BCUT2D eigenvalue weighted by molar-refractivity contribution is 1.19. The van der Waals surface area contributed by atoms with Crippen molar-refractivity contribution in [3.63, 3.8) is 0 Å². The first kappa shape index (κ1) is 24.2. The largest absolute Gasteiger partial charge is 0.309 e. The monoisotopic (exact) mass is 566 g/mol. The molecule has 0 aliphatic carbocycles. The molecule has 2 aromatic heterocycles. The van der Waals surface area contributed by atoms with Gasteiger partial charge < -0.3 is 9.47 Å². The van der Waals surface area contributed by atoms with E-state index in [-0.39, 0.29) is 0 Å². The summed E-state index contributed by atoms with van der Waals surface area (Å²) in [4.78, 5) is 2.47. The summed E-state index contributed by atoms with van der Waals surface area (Å²) < 4.78 is 5.04. The summed E-state index contributed by atoms with van der Waals surface area (Å²) in [6.07, 6.45) is 0. The topological polar surface area (TPSA) is 8.17 Å². The number of hydrogen-bond donors (Lipinski definition) is 0. The van der Waals surface area contributed by atoms with Crippen LogP contribution in [0, 0.1) is 0 Å². The Morgan fingerprint density at radius 1 is 0.488 bits per heavy atom. The number of aromatic nitrogens is 1. The van der Waals surface area contributed by atoms with E-state index in [9.17, 15) is 0 Å². The molecule has 0 amide bonds. The van der Waals surface area contributed by atoms with E-state index in [1.807, 2.05) is 11.3 Å². The van der Waals surface area contributed by atoms with Crippen LogP contribution in [-0.2, 0) is 0 Å². The molecule has 0 aliphatic heterocycles. The van der Waals surface area contributed by atoms with E-state index in [4.69, 9.17) is 0 Å². The van der Waals surface area contributed by atoms with Crippen LogP contribution in [0.1, 0.15) is 0 Å². The molecule has 0 N–H and O–H groups in total. The van der Waals surface area contributed by atoms with Crippen LogP contribution in [0.4, 0.5) is 17.1 Å². The van der Waals surface area contributed by atoms with Crippen LogP contribution in [-0.4, -0.2) is 4.57 Å². The maximum Gasteiger partial charge on any atom is 0.0648 e. The lowest BCUT2D eigenvalue weighted by Crippen LogP contribution is -2.10. The highest BCUT2D eigenvalue weighted by molar-refractivity contribution is 7.26. The second-order valence-corrected chi connectivity index (χ2v) is 12.0. The molecule has 9 aromatic rings. The van der Waals surface area contributed by atoms with Gasteiger partial charge in [-0.3, -0.25) is 0 Å². The molecule has 3 heteroatoms. The first-order chi connectivity index (χ1) is 21.4. The number of thiophene rings is 1. The van der Waals surface area contributed by atoms with Gasteiger partial charge in [0.05, 0.1) is 27.1 Å². The molecule has 0 aliphatic rings. The van der Waals surface area contributed by atoms with Crippen molar-refractivity contribution in [2.75, 3.05) is 4.90 Å². The van der Waals surface area contributed by atoms with Crippen LogP contribution in [0.25, 0.3) is 58.4 Å². The van der Waals surface area contributed by atoms with E-state index in [2.05, 4.69) is 167 Å². The predicted octanol–water partition coefficient (Wildman–Crippen LogP) is 11.8. The van der Waals surface area contributed by atoms with Crippen molar-refractivity contribution in [1.82, 2.24) is 4.57 Å². The van der Waals surface area contributed by atoms with Gasteiger partial charge in [0.25, 0.3) is 0 Å². The Balaban J connectivity index is 1.50. The summed E-state index contributed by atoms with van der Waals surface area (Å²) in [5.41, 5.74) is 7.16. The fraction of sp³-hybridized carbons (Fsp3) is 0. The zero-order valence-corrected chi connectivity index (χ0v) is 24.1. The third-order valence-electron chi connectivity index (χ3n) is 8.54. The minimum atomic E-state index is 1.14. The van der Waals surface area contributed by atoms with E-state index in [1.54, 1.807) is 0 Å². The Hall–Kier alpha value is -5.38. The van der Waals surface area contributed by atoms with Gasteiger partial charge in [0.15, 0.2) is 0 Å². The van der Waals surface area contributed by atoms with Gasteiger partial charge in [0.1, 0.15) is 0 Å². The molecule has 0 saturated heterocycles. The number of fused-ring (bicyclic) bond motifs is 8. The Kier molecular flexibility index (Phi) is 5.40. The predicted molar refractivity (Wildman–Crippen MR) is 186 cm³/mol. The molecule has 2 heterocycles. The Morgan fingerprint density at radius 3 is 1.98 bits per heavy atom. The Bertz CT molecular complexity index is 2450. The number of para-hydroxylation sites is 3. The van der Waals surface area contributed by atoms with Crippen LogP contribution < -0.4 is 4.90 Å². The highest BCUT2D eigenvalue weighted by atomic mass is 32.1. The second-order valence-electron chi connectivity index (χ2n) is 11.0. The molecule has 7 aromatic carbocycles. The molecule has 43 heavy (non-hydrogen) atoms. The van der Waals surface area contributed by atoms with Crippen LogP contribution >= 0.6 is 11.3 Å². The van der Waals surface area contributed by atoms with Crippen LogP contribution in [0.5, 0.6) is 0 Å². The van der Waals surface area contributed by atoms with Gasteiger partial charge in [-0.25, -0.2) is 0 Å². The van der Waals surface area contributed by atoms with Crippen LogP contribution in [0.2, 0.25) is 0 Å². The minimum absolute atomic E-state index is 1.14. The number of hydrogen-bond acceptors (Lipinski definition) is 2. The molecule has 0 spiro atoms. The Labute approximate surface area is 253 Å². The molecule has 0 atom stereocenters. The van der Waals surface area contributed by atoms with E-state index in [0.717, 1.165) is 5.69 Å². The van der Waals surface area contributed by atoms with Crippen molar-refractivity contribution >= 4 is 81.1 Å². The van der Waals surface area contributed by atoms with Crippen LogP contribution in [0.3, 0.4) is 0 Å². The molecule has 9 rings (SSSR count). The SMILES string of the molecule is c1ccc(N(c2cccc3ccccc23)c2cc3c4ccccc4n(-c4ccccc4)c3c3c2sc2ccccc23)cc1.